The highest BCUT2D eigenvalue weighted by Crippen LogP contribution is 2.42. The Hall–Kier alpha value is -3.39. The van der Waals surface area contributed by atoms with Gasteiger partial charge in [-0.2, -0.15) is 4.31 Å². The summed E-state index contributed by atoms with van der Waals surface area (Å²) in [5, 5.41) is 10.1. The van der Waals surface area contributed by atoms with Crippen molar-refractivity contribution < 1.29 is 32.2 Å². The van der Waals surface area contributed by atoms with E-state index < -0.39 is 40.3 Å². The SMILES string of the molecule is C.C[C@@H]1COCCN1c1ccc(S(=O)(=O)N2CC(=O)N(c3cc(-c4ccc(F)cc4)sc3C(=O)O)[C@H](C3CCCCC3)C2)cn1. The van der Waals surface area contributed by atoms with Crippen LogP contribution in [0.4, 0.5) is 15.9 Å². The molecule has 4 heterocycles. The van der Waals surface area contributed by atoms with Crippen molar-refractivity contribution in [1.29, 1.82) is 0 Å². The maximum Gasteiger partial charge on any atom is 0.348 e. The zero-order valence-electron chi connectivity index (χ0n) is 24.4. The topological polar surface area (TPSA) is 120 Å². The number of amides is 1. The molecule has 45 heavy (non-hydrogen) atoms. The summed E-state index contributed by atoms with van der Waals surface area (Å²) in [6.45, 7) is 3.43. The molecule has 2 aromatic heterocycles. The molecule has 13 heteroatoms. The largest absolute Gasteiger partial charge is 0.477 e. The number of piperazine rings is 1. The first kappa shape index (κ1) is 33.0. The Morgan fingerprint density at radius 2 is 1.84 bits per heavy atom. The Morgan fingerprint density at radius 3 is 2.49 bits per heavy atom. The van der Waals surface area contributed by atoms with Gasteiger partial charge in [0.1, 0.15) is 21.4 Å². The van der Waals surface area contributed by atoms with E-state index in [2.05, 4.69) is 9.88 Å². The van der Waals surface area contributed by atoms with E-state index in [1.807, 2.05) is 6.92 Å². The van der Waals surface area contributed by atoms with Gasteiger partial charge in [-0.25, -0.2) is 22.6 Å². The van der Waals surface area contributed by atoms with E-state index in [1.54, 1.807) is 24.3 Å². The van der Waals surface area contributed by atoms with Gasteiger partial charge in [-0.05, 0) is 61.6 Å². The van der Waals surface area contributed by atoms with E-state index in [0.717, 1.165) is 43.4 Å². The van der Waals surface area contributed by atoms with Crippen molar-refractivity contribution in [1.82, 2.24) is 9.29 Å². The highest BCUT2D eigenvalue weighted by Gasteiger charge is 2.44. The van der Waals surface area contributed by atoms with Gasteiger partial charge in [0, 0.05) is 24.2 Å². The van der Waals surface area contributed by atoms with Gasteiger partial charge in [0.15, 0.2) is 0 Å². The molecule has 0 unspecified atom stereocenters. The van der Waals surface area contributed by atoms with Crippen molar-refractivity contribution in [2.24, 2.45) is 5.92 Å². The molecule has 3 aromatic rings. The van der Waals surface area contributed by atoms with E-state index in [0.29, 0.717) is 36.0 Å². The molecule has 3 aliphatic rings. The van der Waals surface area contributed by atoms with E-state index in [1.165, 1.54) is 33.6 Å². The number of anilines is 2. The number of carboxylic acid groups (broad SMARTS) is 1. The molecule has 2 atom stereocenters. The summed E-state index contributed by atoms with van der Waals surface area (Å²) in [7, 11) is -4.07. The minimum atomic E-state index is -4.07. The van der Waals surface area contributed by atoms with Gasteiger partial charge in [-0.15, -0.1) is 11.3 Å². The number of carbonyl (C=O) groups excluding carboxylic acids is 1. The molecular weight excluding hydrogens is 620 g/mol. The summed E-state index contributed by atoms with van der Waals surface area (Å²) in [5.74, 6) is -1.40. The number of morpholine rings is 1. The van der Waals surface area contributed by atoms with Crippen LogP contribution in [0.15, 0.2) is 53.6 Å². The van der Waals surface area contributed by atoms with Crippen LogP contribution in [-0.4, -0.2) is 79.6 Å². The number of carbonyl (C=O) groups is 2. The number of sulfonamides is 1. The molecule has 2 saturated heterocycles. The van der Waals surface area contributed by atoms with Crippen molar-refractivity contribution in [3.8, 4) is 10.4 Å². The number of hydrogen-bond acceptors (Lipinski definition) is 8. The van der Waals surface area contributed by atoms with Gasteiger partial charge >= 0.3 is 5.97 Å². The van der Waals surface area contributed by atoms with Crippen LogP contribution in [0.5, 0.6) is 0 Å². The lowest BCUT2D eigenvalue weighted by Crippen LogP contribution is -2.60. The van der Waals surface area contributed by atoms with Crippen LogP contribution < -0.4 is 9.80 Å². The van der Waals surface area contributed by atoms with Crippen molar-refractivity contribution >= 4 is 44.7 Å². The summed E-state index contributed by atoms with van der Waals surface area (Å²) < 4.78 is 48.1. The first-order chi connectivity index (χ1) is 21.1. The Balaban J connectivity index is 0.00000400. The lowest BCUT2D eigenvalue weighted by Gasteiger charge is -2.44. The van der Waals surface area contributed by atoms with Gasteiger partial charge < -0.3 is 19.6 Å². The summed E-state index contributed by atoms with van der Waals surface area (Å²) in [4.78, 5) is 35.0. The molecular formula is C32H39FN4O6S2. The number of carboxylic acids is 1. The average molecular weight is 659 g/mol. The number of pyridine rings is 1. The predicted octanol–water partition coefficient (Wildman–Crippen LogP) is 5.50. The molecule has 1 N–H and O–H groups in total. The monoisotopic (exact) mass is 658 g/mol. The maximum atomic E-state index is 13.9. The lowest BCUT2D eigenvalue weighted by molar-refractivity contribution is -0.121. The number of benzene rings is 1. The molecule has 242 valence electrons. The quantitative estimate of drug-likeness (QED) is 0.354. The fourth-order valence-corrected chi connectivity index (χ4v) is 8.87. The smallest absolute Gasteiger partial charge is 0.348 e. The lowest BCUT2D eigenvalue weighted by atomic mass is 9.82. The number of nitrogens with zero attached hydrogens (tertiary/aromatic N) is 4. The molecule has 0 spiro atoms. The van der Waals surface area contributed by atoms with Crippen molar-refractivity contribution in [3.05, 3.63) is 59.4 Å². The highest BCUT2D eigenvalue weighted by atomic mass is 32.2. The fraction of sp³-hybridized carbons (Fsp3) is 0.469. The number of aromatic carboxylic acids is 1. The van der Waals surface area contributed by atoms with Gasteiger partial charge in [0.25, 0.3) is 0 Å². The predicted molar refractivity (Wildman–Crippen MR) is 172 cm³/mol. The van der Waals surface area contributed by atoms with Crippen LogP contribution in [-0.2, 0) is 19.6 Å². The number of thiophene rings is 1. The second kappa shape index (κ2) is 13.5. The molecule has 3 fully saturated rings. The minimum absolute atomic E-state index is 0. The van der Waals surface area contributed by atoms with Crippen LogP contribution in [0.3, 0.4) is 0 Å². The third kappa shape index (κ3) is 6.62. The molecule has 1 aromatic carbocycles. The normalized spacial score (nSPS) is 21.9. The van der Waals surface area contributed by atoms with Gasteiger partial charge in [-0.1, -0.05) is 38.8 Å². The van der Waals surface area contributed by atoms with Crippen molar-refractivity contribution in [2.75, 3.05) is 42.6 Å². The van der Waals surface area contributed by atoms with E-state index in [-0.39, 0.29) is 41.4 Å². The molecule has 2 aliphatic heterocycles. The first-order valence-electron chi connectivity index (χ1n) is 14.9. The van der Waals surface area contributed by atoms with Crippen LogP contribution in [0.1, 0.15) is 56.1 Å². The second-order valence-corrected chi connectivity index (χ2v) is 14.6. The van der Waals surface area contributed by atoms with Gasteiger partial charge in [0.2, 0.25) is 15.9 Å². The van der Waals surface area contributed by atoms with Crippen LogP contribution in [0, 0.1) is 11.7 Å². The second-order valence-electron chi connectivity index (χ2n) is 11.6. The molecule has 1 amide bonds. The van der Waals surface area contributed by atoms with Crippen molar-refractivity contribution in [3.63, 3.8) is 0 Å². The summed E-state index contributed by atoms with van der Waals surface area (Å²) in [6, 6.07) is 10.2. The molecule has 0 radical (unpaired) electrons. The summed E-state index contributed by atoms with van der Waals surface area (Å²) >= 11 is 1.02. The summed E-state index contributed by atoms with van der Waals surface area (Å²) in [5.41, 5.74) is 0.889. The van der Waals surface area contributed by atoms with E-state index in [4.69, 9.17) is 4.74 Å². The van der Waals surface area contributed by atoms with E-state index in [9.17, 15) is 27.5 Å². The summed E-state index contributed by atoms with van der Waals surface area (Å²) in [6.07, 6.45) is 5.94. The Morgan fingerprint density at radius 1 is 1.11 bits per heavy atom. The molecule has 1 saturated carbocycles. The zero-order chi connectivity index (χ0) is 31.0. The van der Waals surface area contributed by atoms with Crippen LogP contribution >= 0.6 is 11.3 Å². The molecule has 1 aliphatic carbocycles. The number of ether oxygens (including phenoxy) is 1. The first-order valence-corrected chi connectivity index (χ1v) is 17.1. The number of rotatable bonds is 7. The number of hydrogen-bond donors (Lipinski definition) is 1. The fourth-order valence-electron chi connectivity index (χ4n) is 6.52. The van der Waals surface area contributed by atoms with Crippen molar-refractivity contribution in [2.45, 2.75) is 63.4 Å². The number of aromatic nitrogens is 1. The maximum absolute atomic E-state index is 13.9. The van der Waals surface area contributed by atoms with Crippen LogP contribution in [0.2, 0.25) is 0 Å². The molecule has 10 nitrogen and oxygen atoms in total. The highest BCUT2D eigenvalue weighted by molar-refractivity contribution is 7.89. The third-order valence-corrected chi connectivity index (χ3v) is 11.8. The van der Waals surface area contributed by atoms with Crippen LogP contribution in [0.25, 0.3) is 10.4 Å². The Labute approximate surface area is 267 Å². The van der Waals surface area contributed by atoms with E-state index >= 15 is 0 Å². The molecule has 0 bridgehead atoms. The number of halogens is 1. The van der Waals surface area contributed by atoms with Gasteiger partial charge in [0.05, 0.1) is 37.5 Å². The van der Waals surface area contributed by atoms with Gasteiger partial charge in [-0.3, -0.25) is 4.79 Å². The Bertz CT molecular complexity index is 1620. The standard InChI is InChI=1S/C31H35FN4O6S2.CH4/c1-20-19-42-14-13-35(20)28-12-11-24(16-33-28)44(40,41)34-17-26(21-5-3-2-4-6-21)36(29(37)18-34)25-15-27(43-30(25)31(38)39)22-7-9-23(32)10-8-22;/h7-12,15-16,20-21,26H,2-6,13-14,17-19H2,1H3,(H,38,39);1H4/t20-,26+;/m1./s1. The molecule has 6 rings (SSSR count). The minimum Gasteiger partial charge on any atom is -0.477 e. The zero-order valence-corrected chi connectivity index (χ0v) is 26.0. The third-order valence-electron chi connectivity index (χ3n) is 8.81. The average Bonchev–Trinajstić information content (AvgIpc) is 3.47. The Kier molecular flexibility index (Phi) is 9.92.